The molecule has 174 valence electrons. The number of amides is 1. The van der Waals surface area contributed by atoms with Crippen molar-refractivity contribution >= 4 is 33.2 Å². The molecule has 1 N–H and O–H groups in total. The van der Waals surface area contributed by atoms with Crippen molar-refractivity contribution in [1.82, 2.24) is 0 Å². The van der Waals surface area contributed by atoms with Gasteiger partial charge in [0.15, 0.2) is 9.84 Å². The summed E-state index contributed by atoms with van der Waals surface area (Å²) in [5.41, 5.74) is -0.129. The van der Waals surface area contributed by atoms with Gasteiger partial charge in [-0.15, -0.1) is 0 Å². The normalized spacial score (nSPS) is 13.2. The Morgan fingerprint density at radius 3 is 2.21 bits per heavy atom. The maximum absolute atomic E-state index is 14.6. The lowest BCUT2D eigenvalue weighted by Gasteiger charge is -2.25. The number of carbonyl (C=O) groups is 1. The molecule has 0 bridgehead atoms. The number of benzene rings is 3. The molecule has 33 heavy (non-hydrogen) atoms. The zero-order valence-electron chi connectivity index (χ0n) is 17.3. The highest BCUT2D eigenvalue weighted by atomic mass is 35.5. The molecule has 0 radical (unpaired) electrons. The van der Waals surface area contributed by atoms with Crippen molar-refractivity contribution < 1.29 is 31.1 Å². The molecule has 10 heteroatoms. The number of rotatable bonds is 7. The summed E-state index contributed by atoms with van der Waals surface area (Å²) in [7, 11) is -4.24. The molecule has 0 saturated carbocycles. The van der Waals surface area contributed by atoms with Gasteiger partial charge in [-0.2, -0.15) is 0 Å². The minimum atomic E-state index is -4.24. The van der Waals surface area contributed by atoms with Crippen molar-refractivity contribution in [3.8, 4) is 0 Å². The lowest BCUT2D eigenvalue weighted by atomic mass is 10.0. The molecule has 2 unspecified atom stereocenters. The molecule has 3 aromatic carbocycles. The van der Waals surface area contributed by atoms with Crippen LogP contribution in [0.2, 0.25) is 5.02 Å². The van der Waals surface area contributed by atoms with E-state index >= 15 is 0 Å². The van der Waals surface area contributed by atoms with E-state index in [-0.39, 0.29) is 16.1 Å². The fraction of sp³-hybridized carbons (Fsp3) is 0.174. The van der Waals surface area contributed by atoms with Gasteiger partial charge in [0.05, 0.1) is 16.8 Å². The molecule has 0 aromatic heterocycles. The molecule has 3 rings (SSSR count). The highest BCUT2D eigenvalue weighted by molar-refractivity contribution is 7.91. The van der Waals surface area contributed by atoms with Gasteiger partial charge in [0.2, 0.25) is 0 Å². The third-order valence-corrected chi connectivity index (χ3v) is 7.39. The minimum absolute atomic E-state index is 0.150. The quantitative estimate of drug-likeness (QED) is 0.424. The Kier molecular flexibility index (Phi) is 7.65. The van der Waals surface area contributed by atoms with E-state index in [4.69, 9.17) is 16.3 Å². The SMILES string of the molecule is CC(COC(=O)Nc1ccc(F)cc1)C(c1cc(F)ccc1F)S(=O)(=O)c1ccc(Cl)cc1. The van der Waals surface area contributed by atoms with Gasteiger partial charge in [-0.05, 0) is 66.7 Å². The largest absolute Gasteiger partial charge is 0.449 e. The van der Waals surface area contributed by atoms with Crippen LogP contribution in [-0.4, -0.2) is 21.1 Å². The van der Waals surface area contributed by atoms with Crippen molar-refractivity contribution in [2.24, 2.45) is 5.92 Å². The summed E-state index contributed by atoms with van der Waals surface area (Å²) < 4.78 is 73.4. The highest BCUT2D eigenvalue weighted by Gasteiger charge is 2.36. The first-order valence-corrected chi connectivity index (χ1v) is 11.6. The van der Waals surface area contributed by atoms with Crippen LogP contribution >= 0.6 is 11.6 Å². The smallest absolute Gasteiger partial charge is 0.411 e. The standard InChI is InChI=1S/C23H19ClF3NO4S/c1-14(13-32-23(29)28-18-7-4-16(25)5-8-18)22(20-12-17(26)6-11-21(20)27)33(30,31)19-9-2-15(24)3-10-19/h2-12,14,22H,13H2,1H3,(H,28,29). The minimum Gasteiger partial charge on any atom is -0.449 e. The summed E-state index contributed by atoms with van der Waals surface area (Å²) in [5, 5.41) is 1.11. The topological polar surface area (TPSA) is 72.5 Å². The third kappa shape index (κ3) is 6.06. The molecular weight excluding hydrogens is 479 g/mol. The average molecular weight is 498 g/mol. The van der Waals surface area contributed by atoms with Crippen LogP contribution in [0.25, 0.3) is 0 Å². The lowest BCUT2D eigenvalue weighted by Crippen LogP contribution is -2.27. The van der Waals surface area contributed by atoms with E-state index in [0.29, 0.717) is 5.02 Å². The van der Waals surface area contributed by atoms with E-state index in [2.05, 4.69) is 5.32 Å². The zero-order valence-corrected chi connectivity index (χ0v) is 18.8. The second kappa shape index (κ2) is 10.3. The Morgan fingerprint density at radius 1 is 0.970 bits per heavy atom. The highest BCUT2D eigenvalue weighted by Crippen LogP contribution is 2.37. The lowest BCUT2D eigenvalue weighted by molar-refractivity contribution is 0.142. The molecule has 0 spiro atoms. The van der Waals surface area contributed by atoms with E-state index in [1.54, 1.807) is 0 Å². The van der Waals surface area contributed by atoms with Crippen molar-refractivity contribution in [2.45, 2.75) is 17.1 Å². The molecular formula is C23H19ClF3NO4S. The summed E-state index contributed by atoms with van der Waals surface area (Å²) in [6.45, 7) is 1.01. The number of halogens is 4. The van der Waals surface area contributed by atoms with E-state index in [1.807, 2.05) is 0 Å². The molecule has 5 nitrogen and oxygen atoms in total. The van der Waals surface area contributed by atoms with Gasteiger partial charge in [0.25, 0.3) is 0 Å². The van der Waals surface area contributed by atoms with E-state index < -0.39 is 51.2 Å². The van der Waals surface area contributed by atoms with Gasteiger partial charge < -0.3 is 4.74 Å². The van der Waals surface area contributed by atoms with Gasteiger partial charge in [0, 0.05) is 22.2 Å². The van der Waals surface area contributed by atoms with E-state index in [1.165, 1.54) is 43.3 Å². The molecule has 0 aliphatic heterocycles. The Morgan fingerprint density at radius 2 is 1.58 bits per heavy atom. The van der Waals surface area contributed by atoms with E-state index in [0.717, 1.165) is 30.3 Å². The molecule has 0 aliphatic rings. The summed E-state index contributed by atoms with van der Waals surface area (Å²) in [4.78, 5) is 12.0. The predicted molar refractivity (Wildman–Crippen MR) is 118 cm³/mol. The fourth-order valence-corrected chi connectivity index (χ4v) is 5.40. The van der Waals surface area contributed by atoms with Crippen molar-refractivity contribution in [3.63, 3.8) is 0 Å². The average Bonchev–Trinajstić information content (AvgIpc) is 2.76. The number of hydrogen-bond donors (Lipinski definition) is 1. The monoisotopic (exact) mass is 497 g/mol. The second-order valence-electron chi connectivity index (χ2n) is 7.29. The van der Waals surface area contributed by atoms with Crippen LogP contribution in [0.5, 0.6) is 0 Å². The maximum Gasteiger partial charge on any atom is 0.411 e. The van der Waals surface area contributed by atoms with Crippen LogP contribution in [0.4, 0.5) is 23.7 Å². The number of carbonyl (C=O) groups excluding carboxylic acids is 1. The number of sulfone groups is 1. The van der Waals surface area contributed by atoms with Crippen molar-refractivity contribution in [1.29, 1.82) is 0 Å². The van der Waals surface area contributed by atoms with Crippen LogP contribution in [0.1, 0.15) is 17.7 Å². The molecule has 2 atom stereocenters. The number of nitrogens with one attached hydrogen (secondary N) is 1. The molecule has 0 saturated heterocycles. The first kappa shape index (κ1) is 24.6. The van der Waals surface area contributed by atoms with Gasteiger partial charge >= 0.3 is 6.09 Å². The van der Waals surface area contributed by atoms with Crippen molar-refractivity contribution in [3.05, 3.63) is 94.8 Å². The zero-order chi connectivity index (χ0) is 24.2. The fourth-order valence-electron chi connectivity index (χ4n) is 3.26. The number of ether oxygens (including phenoxy) is 1. The van der Waals surface area contributed by atoms with E-state index in [9.17, 15) is 26.4 Å². The Balaban J connectivity index is 1.87. The molecule has 0 fully saturated rings. The second-order valence-corrected chi connectivity index (χ2v) is 9.80. The summed E-state index contributed by atoms with van der Waals surface area (Å²) >= 11 is 5.84. The van der Waals surface area contributed by atoms with Gasteiger partial charge in [-0.25, -0.2) is 26.4 Å². The Labute approximate surface area is 194 Å². The number of anilines is 1. The molecule has 0 aliphatic carbocycles. The van der Waals surface area contributed by atoms with Crippen LogP contribution in [-0.2, 0) is 14.6 Å². The van der Waals surface area contributed by atoms with Gasteiger partial charge in [-0.1, -0.05) is 18.5 Å². The van der Waals surface area contributed by atoms with Crippen molar-refractivity contribution in [2.75, 3.05) is 11.9 Å². The third-order valence-electron chi connectivity index (χ3n) is 4.83. The summed E-state index contributed by atoms with van der Waals surface area (Å²) in [6.07, 6.45) is -0.921. The van der Waals surface area contributed by atoms with Gasteiger partial charge in [-0.3, -0.25) is 5.32 Å². The molecule has 1 amide bonds. The Bertz CT molecular complexity index is 1240. The first-order chi connectivity index (χ1) is 15.6. The van der Waals surface area contributed by atoms with Gasteiger partial charge in [0.1, 0.15) is 17.5 Å². The summed E-state index contributed by atoms with van der Waals surface area (Å²) in [6, 6.07) is 12.7. The first-order valence-electron chi connectivity index (χ1n) is 9.71. The summed E-state index contributed by atoms with van der Waals surface area (Å²) in [5.74, 6) is -3.19. The van der Waals surface area contributed by atoms with Crippen LogP contribution in [0.3, 0.4) is 0 Å². The predicted octanol–water partition coefficient (Wildman–Crippen LogP) is 6.16. The maximum atomic E-state index is 14.6. The van der Waals surface area contributed by atoms with Crippen LogP contribution in [0, 0.1) is 23.4 Å². The molecule has 3 aromatic rings. The Hall–Kier alpha value is -3.04. The molecule has 0 heterocycles. The number of hydrogen-bond acceptors (Lipinski definition) is 4. The van der Waals surface area contributed by atoms with Crippen LogP contribution in [0.15, 0.2) is 71.6 Å². The van der Waals surface area contributed by atoms with Crippen LogP contribution < -0.4 is 5.32 Å².